The molecule has 0 saturated heterocycles. The van der Waals surface area contributed by atoms with Crippen molar-refractivity contribution in [2.45, 2.75) is 13.0 Å². The summed E-state index contributed by atoms with van der Waals surface area (Å²) in [7, 11) is 1.38. The van der Waals surface area contributed by atoms with Crippen molar-refractivity contribution >= 4 is 34.9 Å². The maximum absolute atomic E-state index is 12.3. The third-order valence-corrected chi connectivity index (χ3v) is 3.80. The van der Waals surface area contributed by atoms with Crippen molar-refractivity contribution in [2.75, 3.05) is 18.2 Å². The Kier molecular flexibility index (Phi) is 6.04. The van der Waals surface area contributed by atoms with E-state index in [2.05, 4.69) is 5.32 Å². The number of rotatable bonds is 5. The fourth-order valence-corrected chi connectivity index (χ4v) is 2.21. The van der Waals surface area contributed by atoms with Gasteiger partial charge >= 0.3 is 5.97 Å². The Labute approximate surface area is 155 Å². The van der Waals surface area contributed by atoms with E-state index in [1.165, 1.54) is 26.2 Å². The number of benzene rings is 2. The number of nitrogens with zero attached hydrogens (tertiary/aromatic N) is 1. The van der Waals surface area contributed by atoms with Crippen molar-refractivity contribution in [2.24, 2.45) is 0 Å². The predicted molar refractivity (Wildman–Crippen MR) is 97.1 cm³/mol. The first-order valence-electron chi connectivity index (χ1n) is 7.50. The van der Waals surface area contributed by atoms with E-state index in [4.69, 9.17) is 32.1 Å². The number of halogens is 1. The van der Waals surface area contributed by atoms with Crippen LogP contribution in [0.5, 0.6) is 5.75 Å². The highest BCUT2D eigenvalue weighted by molar-refractivity contribution is 6.33. The molecule has 26 heavy (non-hydrogen) atoms. The number of carbonyl (C=O) groups excluding carboxylic acids is 2. The maximum Gasteiger partial charge on any atom is 0.342 e. The monoisotopic (exact) mass is 373 g/mol. The van der Waals surface area contributed by atoms with E-state index in [0.717, 1.165) is 0 Å². The zero-order chi connectivity index (χ0) is 19.3. The molecule has 0 unspecified atom stereocenters. The Morgan fingerprint density at radius 3 is 2.50 bits per heavy atom. The average Bonchev–Trinajstić information content (AvgIpc) is 2.63. The number of ether oxygens (including phenoxy) is 2. The minimum Gasteiger partial charge on any atom is -0.496 e. The van der Waals surface area contributed by atoms with Crippen LogP contribution in [0.3, 0.4) is 0 Å². The topological polar surface area (TPSA) is 114 Å². The first-order valence-corrected chi connectivity index (χ1v) is 7.88. The van der Waals surface area contributed by atoms with E-state index in [9.17, 15) is 9.59 Å². The van der Waals surface area contributed by atoms with Gasteiger partial charge in [0.1, 0.15) is 11.3 Å². The Morgan fingerprint density at radius 2 is 1.92 bits per heavy atom. The molecule has 0 aliphatic carbocycles. The van der Waals surface area contributed by atoms with Crippen molar-refractivity contribution in [1.29, 1.82) is 5.26 Å². The van der Waals surface area contributed by atoms with Crippen LogP contribution in [-0.4, -0.2) is 25.1 Å². The van der Waals surface area contributed by atoms with Crippen molar-refractivity contribution < 1.29 is 19.1 Å². The summed E-state index contributed by atoms with van der Waals surface area (Å²) in [5.74, 6) is -1.11. The van der Waals surface area contributed by atoms with Crippen molar-refractivity contribution in [1.82, 2.24) is 0 Å². The van der Waals surface area contributed by atoms with E-state index >= 15 is 0 Å². The molecule has 0 aliphatic heterocycles. The Bertz CT molecular complexity index is 875. The smallest absolute Gasteiger partial charge is 0.342 e. The molecule has 2 rings (SSSR count). The van der Waals surface area contributed by atoms with Gasteiger partial charge in [0.2, 0.25) is 0 Å². The Morgan fingerprint density at radius 1 is 1.27 bits per heavy atom. The maximum atomic E-state index is 12.3. The van der Waals surface area contributed by atoms with Crippen LogP contribution in [0.1, 0.15) is 22.8 Å². The number of hydrogen-bond donors (Lipinski definition) is 2. The lowest BCUT2D eigenvalue weighted by Gasteiger charge is -2.15. The molecule has 2 aromatic rings. The second-order valence-electron chi connectivity index (χ2n) is 5.30. The number of hydrogen-bond acceptors (Lipinski definition) is 6. The zero-order valence-corrected chi connectivity index (χ0v) is 14.8. The number of anilines is 2. The molecule has 7 nitrogen and oxygen atoms in total. The largest absolute Gasteiger partial charge is 0.496 e. The van der Waals surface area contributed by atoms with Crippen LogP contribution in [0.25, 0.3) is 0 Å². The Balaban J connectivity index is 2.07. The quantitative estimate of drug-likeness (QED) is 0.615. The lowest BCUT2D eigenvalue weighted by atomic mass is 10.2. The number of methoxy groups -OCH3 is 1. The number of nitrogens with one attached hydrogen (secondary N) is 1. The molecule has 0 saturated carbocycles. The number of nitrogen functional groups attached to an aromatic ring is 1. The van der Waals surface area contributed by atoms with Crippen LogP contribution >= 0.6 is 11.6 Å². The van der Waals surface area contributed by atoms with Gasteiger partial charge in [-0.05, 0) is 37.3 Å². The van der Waals surface area contributed by atoms with Crippen LogP contribution < -0.4 is 15.8 Å². The zero-order valence-electron chi connectivity index (χ0n) is 14.1. The summed E-state index contributed by atoms with van der Waals surface area (Å²) in [5, 5.41) is 11.5. The van der Waals surface area contributed by atoms with Crippen LogP contribution in [0.15, 0.2) is 36.4 Å². The predicted octanol–water partition coefficient (Wildman–Crippen LogP) is 2.99. The number of carbonyl (C=O) groups is 2. The molecular formula is C18H16ClN3O4. The van der Waals surface area contributed by atoms with E-state index in [1.807, 2.05) is 6.07 Å². The number of esters is 1. The van der Waals surface area contributed by atoms with Gasteiger partial charge in [-0.15, -0.1) is 0 Å². The first-order chi connectivity index (χ1) is 12.3. The fourth-order valence-electron chi connectivity index (χ4n) is 2.05. The van der Waals surface area contributed by atoms with Crippen molar-refractivity contribution in [3.63, 3.8) is 0 Å². The van der Waals surface area contributed by atoms with Gasteiger partial charge in [-0.25, -0.2) is 4.79 Å². The third-order valence-electron chi connectivity index (χ3n) is 3.47. The van der Waals surface area contributed by atoms with E-state index in [0.29, 0.717) is 11.3 Å². The molecule has 1 amide bonds. The molecule has 134 valence electrons. The number of nitrogens with two attached hydrogens (primary N) is 1. The summed E-state index contributed by atoms with van der Waals surface area (Å²) >= 11 is 5.93. The molecule has 0 radical (unpaired) electrons. The number of amides is 1. The number of nitriles is 1. The molecule has 3 N–H and O–H groups in total. The third kappa shape index (κ3) is 4.43. The summed E-state index contributed by atoms with van der Waals surface area (Å²) in [6, 6.07) is 11.0. The fraction of sp³-hybridized carbons (Fsp3) is 0.167. The molecule has 2 aromatic carbocycles. The molecule has 0 spiro atoms. The lowest BCUT2D eigenvalue weighted by molar-refractivity contribution is -0.123. The van der Waals surface area contributed by atoms with Crippen LogP contribution in [0.2, 0.25) is 5.02 Å². The summed E-state index contributed by atoms with van der Waals surface area (Å²) in [4.78, 5) is 24.5. The van der Waals surface area contributed by atoms with Crippen LogP contribution in [0.4, 0.5) is 11.4 Å². The highest BCUT2D eigenvalue weighted by atomic mass is 35.5. The standard InChI is InChI=1S/C18H16ClN3O4/c1-10(17(23)22-12-5-3-11(9-20)4-6-12)26-18(24)13-7-14(19)15(21)8-16(13)25-2/h3-8,10H,21H2,1-2H3,(H,22,23)/t10-/m0/s1. The van der Waals surface area contributed by atoms with Crippen molar-refractivity contribution in [3.05, 3.63) is 52.5 Å². The van der Waals surface area contributed by atoms with Gasteiger partial charge in [-0.2, -0.15) is 5.26 Å². The first kappa shape index (κ1) is 19.1. The molecule has 0 heterocycles. The normalized spacial score (nSPS) is 11.2. The van der Waals surface area contributed by atoms with Gasteiger partial charge in [0, 0.05) is 11.8 Å². The van der Waals surface area contributed by atoms with Crippen LogP contribution in [-0.2, 0) is 9.53 Å². The molecule has 1 atom stereocenters. The molecule has 0 aromatic heterocycles. The summed E-state index contributed by atoms with van der Waals surface area (Å²) in [6.07, 6.45) is -1.07. The highest BCUT2D eigenvalue weighted by Gasteiger charge is 2.22. The Hall–Kier alpha value is -3.24. The van der Waals surface area contributed by atoms with E-state index in [-0.39, 0.29) is 22.0 Å². The van der Waals surface area contributed by atoms with Crippen molar-refractivity contribution in [3.8, 4) is 11.8 Å². The molecule has 0 aliphatic rings. The second-order valence-corrected chi connectivity index (χ2v) is 5.71. The van der Waals surface area contributed by atoms with Gasteiger partial charge in [0.15, 0.2) is 6.10 Å². The molecule has 0 bridgehead atoms. The average molecular weight is 374 g/mol. The molecule has 8 heteroatoms. The minimum atomic E-state index is -1.07. The van der Waals surface area contributed by atoms with Gasteiger partial charge in [-0.1, -0.05) is 11.6 Å². The second kappa shape index (κ2) is 8.23. The SMILES string of the molecule is COc1cc(N)c(Cl)cc1C(=O)O[C@@H](C)C(=O)Nc1ccc(C#N)cc1. The summed E-state index contributed by atoms with van der Waals surface area (Å²) in [5.41, 5.74) is 6.93. The summed E-state index contributed by atoms with van der Waals surface area (Å²) < 4.78 is 10.3. The van der Waals surface area contributed by atoms with E-state index in [1.54, 1.807) is 24.3 Å². The lowest BCUT2D eigenvalue weighted by Crippen LogP contribution is -2.30. The van der Waals surface area contributed by atoms with Gasteiger partial charge in [0.25, 0.3) is 5.91 Å². The summed E-state index contributed by atoms with van der Waals surface area (Å²) in [6.45, 7) is 1.43. The van der Waals surface area contributed by atoms with Gasteiger partial charge < -0.3 is 20.5 Å². The molecular weight excluding hydrogens is 358 g/mol. The van der Waals surface area contributed by atoms with Crippen LogP contribution in [0, 0.1) is 11.3 Å². The van der Waals surface area contributed by atoms with E-state index < -0.39 is 18.0 Å². The van der Waals surface area contributed by atoms with Gasteiger partial charge in [-0.3, -0.25) is 4.79 Å². The molecule has 0 fully saturated rings. The minimum absolute atomic E-state index is 0.0599. The highest BCUT2D eigenvalue weighted by Crippen LogP contribution is 2.29. The van der Waals surface area contributed by atoms with Gasteiger partial charge in [0.05, 0.1) is 29.5 Å².